The van der Waals surface area contributed by atoms with Gasteiger partial charge in [0.25, 0.3) is 0 Å². The molecular formula is C4H10ClO2P. The normalized spacial score (nSPS) is 9.12. The number of rotatable bonds is 3. The first kappa shape index (κ1) is 11.0. The number of aliphatic carboxylic acids is 1. The van der Waals surface area contributed by atoms with Crippen molar-refractivity contribution in [1.29, 1.82) is 0 Å². The summed E-state index contributed by atoms with van der Waals surface area (Å²) < 4.78 is 0. The Bertz CT molecular complexity index is 67.1. The third kappa shape index (κ3) is 9.50. The Morgan fingerprint density at radius 3 is 2.38 bits per heavy atom. The van der Waals surface area contributed by atoms with E-state index in [1.54, 1.807) is 0 Å². The van der Waals surface area contributed by atoms with Crippen LogP contribution in [0.3, 0.4) is 0 Å². The first-order valence-corrected chi connectivity index (χ1v) is 3.84. The summed E-state index contributed by atoms with van der Waals surface area (Å²) in [5.41, 5.74) is 0. The third-order valence-corrected chi connectivity index (χ3v) is 1.34. The summed E-state index contributed by atoms with van der Waals surface area (Å²) in [6.07, 6.45) is 1.16. The number of carboxylic acid groups (broad SMARTS) is 1. The van der Waals surface area contributed by atoms with Crippen LogP contribution in [0.15, 0.2) is 0 Å². The van der Waals surface area contributed by atoms with E-state index in [2.05, 4.69) is 0 Å². The Balaban J connectivity index is 0. The van der Waals surface area contributed by atoms with Crippen LogP contribution in [-0.2, 0) is 4.79 Å². The van der Waals surface area contributed by atoms with Gasteiger partial charge in [0.2, 0.25) is 0 Å². The maximum absolute atomic E-state index is 9.76. The molecular weight excluding hydrogens is 146 g/mol. The first-order valence-electron chi connectivity index (χ1n) is 2.13. The molecule has 0 rings (SSSR count). The van der Waals surface area contributed by atoms with Crippen molar-refractivity contribution in [2.75, 3.05) is 12.8 Å². The molecule has 2 nitrogen and oxygen atoms in total. The number of halogens is 1. The second-order valence-electron chi connectivity index (χ2n) is 1.25. The molecule has 0 aliphatic heterocycles. The SMILES string of the molecule is CPCCC(=O)O.Cl. The molecule has 0 saturated carbocycles. The molecule has 8 heavy (non-hydrogen) atoms. The molecule has 1 unspecified atom stereocenters. The summed E-state index contributed by atoms with van der Waals surface area (Å²) >= 11 is 0. The standard InChI is InChI=1S/C4H9O2P.ClH/c1-7-3-2-4(5)6;/h7H,2-3H2,1H3,(H,5,6);1H. The molecule has 0 aromatic rings. The van der Waals surface area contributed by atoms with Gasteiger partial charge in [0, 0.05) is 6.42 Å². The molecule has 0 aromatic heterocycles. The Morgan fingerprint density at radius 1 is 1.75 bits per heavy atom. The fourth-order valence-electron chi connectivity index (χ4n) is 0.232. The zero-order valence-electron chi connectivity index (χ0n) is 4.68. The van der Waals surface area contributed by atoms with Gasteiger partial charge in [-0.05, 0) is 12.8 Å². The van der Waals surface area contributed by atoms with Crippen molar-refractivity contribution in [2.24, 2.45) is 0 Å². The van der Waals surface area contributed by atoms with Gasteiger partial charge in [0.1, 0.15) is 0 Å². The fourth-order valence-corrected chi connectivity index (χ4v) is 0.696. The van der Waals surface area contributed by atoms with Crippen molar-refractivity contribution >= 4 is 27.0 Å². The van der Waals surface area contributed by atoms with E-state index in [1.807, 2.05) is 6.66 Å². The Labute approximate surface area is 56.9 Å². The minimum absolute atomic E-state index is 0. The van der Waals surface area contributed by atoms with Crippen molar-refractivity contribution < 1.29 is 9.90 Å². The molecule has 0 heterocycles. The highest BCUT2D eigenvalue weighted by Crippen LogP contribution is 2.02. The van der Waals surface area contributed by atoms with Crippen LogP contribution in [0.2, 0.25) is 0 Å². The molecule has 1 atom stereocenters. The van der Waals surface area contributed by atoms with Crippen LogP contribution < -0.4 is 0 Å². The monoisotopic (exact) mass is 156 g/mol. The number of carboxylic acids is 1. The van der Waals surface area contributed by atoms with E-state index in [0.717, 1.165) is 14.7 Å². The minimum atomic E-state index is -0.686. The summed E-state index contributed by atoms with van der Waals surface area (Å²) in [5.74, 6) is -0.686. The van der Waals surface area contributed by atoms with Crippen LogP contribution in [0.4, 0.5) is 0 Å². The van der Waals surface area contributed by atoms with E-state index in [1.165, 1.54) is 0 Å². The van der Waals surface area contributed by atoms with E-state index in [-0.39, 0.29) is 12.4 Å². The van der Waals surface area contributed by atoms with Crippen molar-refractivity contribution in [3.8, 4) is 0 Å². The lowest BCUT2D eigenvalue weighted by molar-refractivity contribution is -0.136. The summed E-state index contributed by atoms with van der Waals surface area (Å²) in [6.45, 7) is 2.00. The number of hydrogen-bond donors (Lipinski definition) is 1. The Kier molecular flexibility index (Phi) is 9.93. The number of carbonyl (C=O) groups is 1. The van der Waals surface area contributed by atoms with Crippen LogP contribution >= 0.6 is 21.0 Å². The number of hydrogen-bond acceptors (Lipinski definition) is 1. The topological polar surface area (TPSA) is 37.3 Å². The van der Waals surface area contributed by atoms with Crippen LogP contribution in [-0.4, -0.2) is 23.9 Å². The Morgan fingerprint density at radius 2 is 2.25 bits per heavy atom. The quantitative estimate of drug-likeness (QED) is 0.624. The molecule has 0 spiro atoms. The molecule has 0 aliphatic carbocycles. The molecule has 1 N–H and O–H groups in total. The smallest absolute Gasteiger partial charge is 0.303 e. The zero-order chi connectivity index (χ0) is 5.70. The molecule has 0 radical (unpaired) electrons. The predicted octanol–water partition coefficient (Wildman–Crippen LogP) is 1.19. The summed E-state index contributed by atoms with van der Waals surface area (Å²) in [4.78, 5) is 9.76. The van der Waals surface area contributed by atoms with Crippen molar-refractivity contribution in [2.45, 2.75) is 6.42 Å². The lowest BCUT2D eigenvalue weighted by atomic mass is 10.5. The van der Waals surface area contributed by atoms with Crippen LogP contribution in [0, 0.1) is 0 Å². The summed E-state index contributed by atoms with van der Waals surface area (Å²) in [6, 6.07) is 0. The van der Waals surface area contributed by atoms with Gasteiger partial charge in [-0.1, -0.05) is 0 Å². The van der Waals surface area contributed by atoms with Crippen LogP contribution in [0.5, 0.6) is 0 Å². The van der Waals surface area contributed by atoms with Crippen LogP contribution in [0.25, 0.3) is 0 Å². The highest BCUT2D eigenvalue weighted by atomic mass is 35.5. The molecule has 0 aromatic carbocycles. The van der Waals surface area contributed by atoms with E-state index >= 15 is 0 Å². The van der Waals surface area contributed by atoms with E-state index in [9.17, 15) is 4.79 Å². The van der Waals surface area contributed by atoms with E-state index in [4.69, 9.17) is 5.11 Å². The highest BCUT2D eigenvalue weighted by molar-refractivity contribution is 7.37. The van der Waals surface area contributed by atoms with Gasteiger partial charge < -0.3 is 5.11 Å². The molecule has 4 heteroatoms. The third-order valence-electron chi connectivity index (χ3n) is 0.589. The van der Waals surface area contributed by atoms with Gasteiger partial charge in [-0.3, -0.25) is 4.79 Å². The van der Waals surface area contributed by atoms with Crippen molar-refractivity contribution in [3.05, 3.63) is 0 Å². The summed E-state index contributed by atoms with van der Waals surface area (Å²) in [5, 5.41) is 8.05. The fraction of sp³-hybridized carbons (Fsp3) is 0.750. The summed E-state index contributed by atoms with van der Waals surface area (Å²) in [7, 11) is 0.770. The first-order chi connectivity index (χ1) is 3.27. The zero-order valence-corrected chi connectivity index (χ0v) is 6.49. The van der Waals surface area contributed by atoms with Gasteiger partial charge in [0.15, 0.2) is 0 Å². The van der Waals surface area contributed by atoms with Gasteiger partial charge in [-0.15, -0.1) is 21.0 Å². The molecule has 0 aliphatic rings. The van der Waals surface area contributed by atoms with Gasteiger partial charge >= 0.3 is 5.97 Å². The van der Waals surface area contributed by atoms with Gasteiger partial charge in [-0.25, -0.2) is 0 Å². The second kappa shape index (κ2) is 7.19. The maximum atomic E-state index is 9.76. The van der Waals surface area contributed by atoms with Crippen molar-refractivity contribution in [1.82, 2.24) is 0 Å². The molecule has 0 bridgehead atoms. The minimum Gasteiger partial charge on any atom is -0.481 e. The molecule has 0 saturated heterocycles. The highest BCUT2D eigenvalue weighted by Gasteiger charge is 1.90. The lowest BCUT2D eigenvalue weighted by Gasteiger charge is -1.86. The van der Waals surface area contributed by atoms with Gasteiger partial charge in [0.05, 0.1) is 0 Å². The van der Waals surface area contributed by atoms with E-state index in [0.29, 0.717) is 6.42 Å². The molecule has 0 amide bonds. The largest absolute Gasteiger partial charge is 0.481 e. The lowest BCUT2D eigenvalue weighted by Crippen LogP contribution is -1.93. The van der Waals surface area contributed by atoms with E-state index < -0.39 is 5.97 Å². The van der Waals surface area contributed by atoms with Gasteiger partial charge in [-0.2, -0.15) is 0 Å². The van der Waals surface area contributed by atoms with Crippen molar-refractivity contribution in [3.63, 3.8) is 0 Å². The maximum Gasteiger partial charge on any atom is 0.303 e. The molecule has 0 fully saturated rings. The predicted molar refractivity (Wildman–Crippen MR) is 38.6 cm³/mol. The average Bonchev–Trinajstić information content (AvgIpc) is 1.61. The second-order valence-corrected chi connectivity index (χ2v) is 2.45. The van der Waals surface area contributed by atoms with Crippen LogP contribution in [0.1, 0.15) is 6.42 Å². The molecule has 50 valence electrons. The Hall–Kier alpha value is 0.190. The average molecular weight is 157 g/mol.